The first-order valence-corrected chi connectivity index (χ1v) is 11.1. The number of imide groups is 1. The van der Waals surface area contributed by atoms with E-state index in [1.54, 1.807) is 11.3 Å². The summed E-state index contributed by atoms with van der Waals surface area (Å²) in [5.41, 5.74) is 1.58. The molecule has 0 bridgehead atoms. The number of amides is 2. The average Bonchev–Trinajstić information content (AvgIpc) is 3.34. The fraction of sp³-hybridized carbons (Fsp3) is 0.304. The second-order valence-corrected chi connectivity index (χ2v) is 9.03. The number of likely N-dealkylation sites (tertiary alicyclic amines) is 1. The van der Waals surface area contributed by atoms with Gasteiger partial charge in [0.25, 0.3) is 5.91 Å². The first-order valence-electron chi connectivity index (χ1n) is 10.3. The normalized spacial score (nSPS) is 20.6. The van der Waals surface area contributed by atoms with Crippen molar-refractivity contribution >= 4 is 45.0 Å². The molecule has 2 aliphatic heterocycles. The highest BCUT2D eigenvalue weighted by atomic mass is 32.1. The molecule has 2 fully saturated rings. The Morgan fingerprint density at radius 2 is 1.74 bits per heavy atom. The fourth-order valence-electron chi connectivity index (χ4n) is 4.45. The van der Waals surface area contributed by atoms with Crippen LogP contribution in [0.4, 0.5) is 5.69 Å². The lowest BCUT2D eigenvalue weighted by atomic mass is 9.96. The Kier molecular flexibility index (Phi) is 5.03. The Balaban J connectivity index is 1.26. The fourth-order valence-corrected chi connectivity index (χ4v) is 5.58. The summed E-state index contributed by atoms with van der Waals surface area (Å²) in [5.74, 6) is -1.14. The second-order valence-electron chi connectivity index (χ2n) is 7.97. The molecule has 158 valence electrons. The number of piperidine rings is 1. The minimum atomic E-state index is -1.04. The molecule has 2 saturated heterocycles. The lowest BCUT2D eigenvalue weighted by Gasteiger charge is -2.34. The lowest BCUT2D eigenvalue weighted by Crippen LogP contribution is -2.45. The summed E-state index contributed by atoms with van der Waals surface area (Å²) in [6, 6.07) is 13.5. The minimum absolute atomic E-state index is 0.122. The second kappa shape index (κ2) is 7.86. The van der Waals surface area contributed by atoms with Crippen LogP contribution in [0.1, 0.15) is 40.5 Å². The van der Waals surface area contributed by atoms with Gasteiger partial charge in [-0.05, 0) is 62.3 Å². The molecule has 31 heavy (non-hydrogen) atoms. The number of para-hydroxylation sites is 1. The van der Waals surface area contributed by atoms with Crippen LogP contribution in [0.25, 0.3) is 10.2 Å². The van der Waals surface area contributed by atoms with Crippen LogP contribution >= 0.6 is 11.3 Å². The lowest BCUT2D eigenvalue weighted by molar-refractivity contribution is -0.123. The van der Waals surface area contributed by atoms with Crippen LogP contribution in [0, 0.1) is 0 Å². The van der Waals surface area contributed by atoms with E-state index in [0.717, 1.165) is 36.5 Å². The van der Waals surface area contributed by atoms with Crippen molar-refractivity contribution in [2.24, 2.45) is 0 Å². The molecule has 0 saturated carbocycles. The average molecular weight is 436 g/mol. The van der Waals surface area contributed by atoms with Gasteiger partial charge in [-0.1, -0.05) is 12.1 Å². The predicted molar refractivity (Wildman–Crippen MR) is 117 cm³/mol. The van der Waals surface area contributed by atoms with E-state index in [1.165, 1.54) is 33.9 Å². The van der Waals surface area contributed by atoms with E-state index in [0.29, 0.717) is 11.6 Å². The van der Waals surface area contributed by atoms with Gasteiger partial charge in [-0.2, -0.15) is 0 Å². The van der Waals surface area contributed by atoms with Gasteiger partial charge in [-0.25, -0.2) is 14.7 Å². The minimum Gasteiger partial charge on any atom is -0.478 e. The number of hydrogen-bond acceptors (Lipinski definition) is 6. The first-order chi connectivity index (χ1) is 15.0. The number of hydrogen-bond donors (Lipinski definition) is 1. The number of aromatic carboxylic acids is 1. The Labute approximate surface area is 182 Å². The molecule has 8 heteroatoms. The van der Waals surface area contributed by atoms with Gasteiger partial charge in [0, 0.05) is 5.92 Å². The van der Waals surface area contributed by atoms with Crippen molar-refractivity contribution < 1.29 is 19.5 Å². The van der Waals surface area contributed by atoms with E-state index >= 15 is 0 Å². The molecule has 7 nitrogen and oxygen atoms in total. The molecule has 3 aromatic rings. The molecule has 1 atom stereocenters. The molecule has 1 unspecified atom stereocenters. The molecule has 0 aliphatic carbocycles. The highest BCUT2D eigenvalue weighted by molar-refractivity contribution is 7.18. The van der Waals surface area contributed by atoms with Crippen LogP contribution < -0.4 is 4.90 Å². The van der Waals surface area contributed by atoms with Gasteiger partial charge in [-0.3, -0.25) is 14.5 Å². The van der Waals surface area contributed by atoms with Crippen LogP contribution in [0.3, 0.4) is 0 Å². The van der Waals surface area contributed by atoms with Crippen molar-refractivity contribution in [3.05, 3.63) is 59.1 Å². The first kappa shape index (κ1) is 19.8. The van der Waals surface area contributed by atoms with Gasteiger partial charge in [0.1, 0.15) is 0 Å². The maximum absolute atomic E-state index is 13.0. The SMILES string of the molecule is O=C(O)c1ccc(N2C(=O)CC(N3CCC(c4nc5ccccc5s4)CC3)C2=O)cc1. The number of anilines is 1. The van der Waals surface area contributed by atoms with Crippen molar-refractivity contribution in [1.29, 1.82) is 0 Å². The summed E-state index contributed by atoms with van der Waals surface area (Å²) in [6.07, 6.45) is 1.97. The number of carbonyl (C=O) groups is 3. The van der Waals surface area contributed by atoms with E-state index in [2.05, 4.69) is 11.0 Å². The third-order valence-corrected chi connectivity index (χ3v) is 7.32. The summed E-state index contributed by atoms with van der Waals surface area (Å²) >= 11 is 1.74. The van der Waals surface area contributed by atoms with Crippen LogP contribution in [-0.4, -0.2) is 51.9 Å². The molecule has 3 heterocycles. The maximum Gasteiger partial charge on any atom is 0.335 e. The van der Waals surface area contributed by atoms with Crippen LogP contribution in [0.15, 0.2) is 48.5 Å². The predicted octanol–water partition coefficient (Wildman–Crippen LogP) is 3.51. The van der Waals surface area contributed by atoms with E-state index in [9.17, 15) is 14.4 Å². The van der Waals surface area contributed by atoms with Crippen molar-refractivity contribution in [3.63, 3.8) is 0 Å². The van der Waals surface area contributed by atoms with Crippen LogP contribution in [-0.2, 0) is 9.59 Å². The molecule has 2 amide bonds. The van der Waals surface area contributed by atoms with Crippen molar-refractivity contribution in [3.8, 4) is 0 Å². The Bertz CT molecular complexity index is 1130. The smallest absolute Gasteiger partial charge is 0.335 e. The number of thiazole rings is 1. The van der Waals surface area contributed by atoms with Crippen molar-refractivity contribution in [1.82, 2.24) is 9.88 Å². The van der Waals surface area contributed by atoms with Gasteiger partial charge < -0.3 is 5.11 Å². The van der Waals surface area contributed by atoms with Gasteiger partial charge >= 0.3 is 5.97 Å². The highest BCUT2D eigenvalue weighted by Crippen LogP contribution is 2.35. The van der Waals surface area contributed by atoms with Crippen LogP contribution in [0.2, 0.25) is 0 Å². The van der Waals surface area contributed by atoms with E-state index in [1.807, 2.05) is 18.2 Å². The number of carboxylic acid groups (broad SMARTS) is 1. The summed E-state index contributed by atoms with van der Waals surface area (Å²) in [4.78, 5) is 44.8. The van der Waals surface area contributed by atoms with Gasteiger partial charge in [0.2, 0.25) is 5.91 Å². The third-order valence-electron chi connectivity index (χ3n) is 6.13. The van der Waals surface area contributed by atoms with Gasteiger partial charge in [0.05, 0.1) is 38.9 Å². The van der Waals surface area contributed by atoms with E-state index in [4.69, 9.17) is 10.1 Å². The number of carbonyl (C=O) groups excluding carboxylic acids is 2. The monoisotopic (exact) mass is 435 g/mol. The number of nitrogens with zero attached hydrogens (tertiary/aromatic N) is 3. The molecular weight excluding hydrogens is 414 g/mol. The highest BCUT2D eigenvalue weighted by Gasteiger charge is 2.43. The largest absolute Gasteiger partial charge is 0.478 e. The topological polar surface area (TPSA) is 90.8 Å². The Morgan fingerprint density at radius 3 is 2.42 bits per heavy atom. The van der Waals surface area contributed by atoms with Gasteiger partial charge in [-0.15, -0.1) is 11.3 Å². The molecule has 1 N–H and O–H groups in total. The van der Waals surface area contributed by atoms with E-state index < -0.39 is 12.0 Å². The third kappa shape index (κ3) is 3.62. The molecule has 1 aromatic heterocycles. The molecule has 2 aliphatic rings. The zero-order valence-electron chi connectivity index (χ0n) is 16.7. The summed E-state index contributed by atoms with van der Waals surface area (Å²) < 4.78 is 1.20. The molecule has 5 rings (SSSR count). The molecule has 2 aromatic carbocycles. The summed E-state index contributed by atoms with van der Waals surface area (Å²) in [6.45, 7) is 1.49. The number of carboxylic acids is 1. The quantitative estimate of drug-likeness (QED) is 0.631. The zero-order chi connectivity index (χ0) is 21.5. The number of rotatable bonds is 4. The van der Waals surface area contributed by atoms with E-state index in [-0.39, 0.29) is 23.8 Å². The molecular formula is C23H21N3O4S. The Morgan fingerprint density at radius 1 is 1.03 bits per heavy atom. The van der Waals surface area contributed by atoms with Crippen molar-refractivity contribution in [2.75, 3.05) is 18.0 Å². The number of aromatic nitrogens is 1. The Hall–Kier alpha value is -3.10. The number of fused-ring (bicyclic) bond motifs is 1. The standard InChI is InChI=1S/C23H21N3O4S/c27-20-13-18(22(28)26(20)16-7-5-15(6-8-16)23(29)30)25-11-9-14(10-12-25)21-24-17-3-1-2-4-19(17)31-21/h1-8,14,18H,9-13H2,(H,29,30). The summed E-state index contributed by atoms with van der Waals surface area (Å²) in [5, 5.41) is 10.2. The van der Waals surface area contributed by atoms with Crippen LogP contribution in [0.5, 0.6) is 0 Å². The van der Waals surface area contributed by atoms with Crippen molar-refractivity contribution in [2.45, 2.75) is 31.2 Å². The number of benzene rings is 2. The zero-order valence-corrected chi connectivity index (χ0v) is 17.5. The molecule has 0 spiro atoms. The maximum atomic E-state index is 13.0. The molecule has 0 radical (unpaired) electrons. The summed E-state index contributed by atoms with van der Waals surface area (Å²) in [7, 11) is 0. The van der Waals surface area contributed by atoms with Gasteiger partial charge in [0.15, 0.2) is 0 Å².